The van der Waals surface area contributed by atoms with Gasteiger partial charge in [-0.15, -0.1) is 0 Å². The third-order valence-corrected chi connectivity index (χ3v) is 4.11. The summed E-state index contributed by atoms with van der Waals surface area (Å²) in [5.41, 5.74) is 0.446. The Labute approximate surface area is 118 Å². The van der Waals surface area contributed by atoms with Crippen molar-refractivity contribution in [3.05, 3.63) is 22.8 Å². The van der Waals surface area contributed by atoms with Gasteiger partial charge in [0.1, 0.15) is 5.82 Å². The zero-order valence-electron chi connectivity index (χ0n) is 11.3. The van der Waals surface area contributed by atoms with Crippen LogP contribution in [0.1, 0.15) is 43.5 Å². The van der Waals surface area contributed by atoms with E-state index in [-0.39, 0.29) is 10.6 Å². The van der Waals surface area contributed by atoms with Gasteiger partial charge >= 0.3 is 5.97 Å². The van der Waals surface area contributed by atoms with Crippen LogP contribution in [-0.2, 0) is 0 Å². The maximum atomic E-state index is 11.1. The second-order valence-electron chi connectivity index (χ2n) is 5.81. The highest BCUT2D eigenvalue weighted by Gasteiger charge is 2.25. The molecule has 0 radical (unpaired) electrons. The maximum absolute atomic E-state index is 11.1. The van der Waals surface area contributed by atoms with Gasteiger partial charge in [-0.3, -0.25) is 0 Å². The summed E-state index contributed by atoms with van der Waals surface area (Å²) in [5, 5.41) is 9.34. The first-order chi connectivity index (χ1) is 8.91. The molecule has 0 aliphatic carbocycles. The number of carboxylic acid groups (broad SMARTS) is 1. The number of carbonyl (C=O) groups is 1. The van der Waals surface area contributed by atoms with E-state index in [4.69, 9.17) is 16.7 Å². The van der Waals surface area contributed by atoms with Crippen molar-refractivity contribution in [1.29, 1.82) is 0 Å². The Hall–Kier alpha value is -1.29. The van der Waals surface area contributed by atoms with Crippen molar-refractivity contribution in [3.8, 4) is 0 Å². The molecule has 19 heavy (non-hydrogen) atoms. The predicted octanol–water partition coefficient (Wildman–Crippen LogP) is 3.45. The lowest BCUT2D eigenvalue weighted by Gasteiger charge is -2.25. The third-order valence-electron chi connectivity index (χ3n) is 3.74. The second-order valence-corrected chi connectivity index (χ2v) is 6.18. The highest BCUT2D eigenvalue weighted by Crippen LogP contribution is 2.34. The first kappa shape index (κ1) is 14.1. The van der Waals surface area contributed by atoms with Crippen LogP contribution in [-0.4, -0.2) is 29.1 Å². The monoisotopic (exact) mass is 282 g/mol. The van der Waals surface area contributed by atoms with E-state index in [0.717, 1.165) is 25.9 Å². The quantitative estimate of drug-likeness (QED) is 0.903. The van der Waals surface area contributed by atoms with Gasteiger partial charge in [0.05, 0.1) is 10.6 Å². The standard InChI is InChI=1S/C14H19ClN2O2/c1-14(2)5-3-8-17(9-6-14)12-11(15)10(13(18)19)4-7-16-12/h4,7H,3,5-6,8-9H2,1-2H3,(H,18,19). The van der Waals surface area contributed by atoms with E-state index in [2.05, 4.69) is 23.7 Å². The zero-order valence-corrected chi connectivity index (χ0v) is 12.1. The molecule has 0 amide bonds. The van der Waals surface area contributed by atoms with Gasteiger partial charge in [0.2, 0.25) is 0 Å². The van der Waals surface area contributed by atoms with Gasteiger partial charge in [-0.25, -0.2) is 9.78 Å². The number of anilines is 1. The molecule has 0 spiro atoms. The van der Waals surface area contributed by atoms with Crippen LogP contribution in [0.5, 0.6) is 0 Å². The summed E-state index contributed by atoms with van der Waals surface area (Å²) in [6.45, 7) is 6.26. The lowest BCUT2D eigenvalue weighted by Crippen LogP contribution is -2.26. The molecule has 0 aromatic carbocycles. The molecule has 1 fully saturated rings. The van der Waals surface area contributed by atoms with E-state index in [1.54, 1.807) is 0 Å². The van der Waals surface area contributed by atoms with Crippen molar-refractivity contribution >= 4 is 23.4 Å². The number of halogens is 1. The summed E-state index contributed by atoms with van der Waals surface area (Å²) in [6, 6.07) is 1.44. The molecule has 1 saturated heterocycles. The Balaban J connectivity index is 2.27. The fourth-order valence-corrected chi connectivity index (χ4v) is 2.77. The summed E-state index contributed by atoms with van der Waals surface area (Å²) < 4.78 is 0. The zero-order chi connectivity index (χ0) is 14.0. The second kappa shape index (κ2) is 5.37. The first-order valence-electron chi connectivity index (χ1n) is 6.53. The van der Waals surface area contributed by atoms with Crippen LogP contribution in [0.15, 0.2) is 12.3 Å². The van der Waals surface area contributed by atoms with Crippen LogP contribution in [0.3, 0.4) is 0 Å². The van der Waals surface area contributed by atoms with E-state index in [0.29, 0.717) is 11.2 Å². The van der Waals surface area contributed by atoms with Gasteiger partial charge in [-0.05, 0) is 30.7 Å². The van der Waals surface area contributed by atoms with Gasteiger partial charge in [-0.1, -0.05) is 25.4 Å². The molecule has 1 aliphatic heterocycles. The van der Waals surface area contributed by atoms with Crippen molar-refractivity contribution in [2.24, 2.45) is 5.41 Å². The summed E-state index contributed by atoms with van der Waals surface area (Å²) >= 11 is 6.18. The topological polar surface area (TPSA) is 53.4 Å². The van der Waals surface area contributed by atoms with E-state index < -0.39 is 5.97 Å². The predicted molar refractivity (Wildman–Crippen MR) is 76.1 cm³/mol. The van der Waals surface area contributed by atoms with Gasteiger partial charge in [0, 0.05) is 19.3 Å². The van der Waals surface area contributed by atoms with Crippen LogP contribution in [0, 0.1) is 5.41 Å². The van der Waals surface area contributed by atoms with Gasteiger partial charge in [0.15, 0.2) is 0 Å². The average Bonchev–Trinajstić information content (AvgIpc) is 2.50. The molecule has 1 N–H and O–H groups in total. The molecule has 1 aromatic rings. The summed E-state index contributed by atoms with van der Waals surface area (Å²) in [6.07, 6.45) is 4.81. The minimum Gasteiger partial charge on any atom is -0.478 e. The largest absolute Gasteiger partial charge is 0.478 e. The fourth-order valence-electron chi connectivity index (χ4n) is 2.45. The lowest BCUT2D eigenvalue weighted by atomic mass is 9.85. The minimum absolute atomic E-state index is 0.121. The number of hydrogen-bond donors (Lipinski definition) is 1. The van der Waals surface area contributed by atoms with Gasteiger partial charge in [0.25, 0.3) is 0 Å². The van der Waals surface area contributed by atoms with E-state index in [1.807, 2.05) is 0 Å². The molecule has 0 unspecified atom stereocenters. The molecule has 4 nitrogen and oxygen atoms in total. The van der Waals surface area contributed by atoms with Crippen molar-refractivity contribution in [2.45, 2.75) is 33.1 Å². The van der Waals surface area contributed by atoms with E-state index in [9.17, 15) is 4.79 Å². The molecular formula is C14H19ClN2O2. The minimum atomic E-state index is -1.01. The average molecular weight is 283 g/mol. The number of aromatic nitrogens is 1. The van der Waals surface area contributed by atoms with Crippen molar-refractivity contribution in [3.63, 3.8) is 0 Å². The third kappa shape index (κ3) is 3.18. The molecule has 1 aromatic heterocycles. The molecule has 0 bridgehead atoms. The van der Waals surface area contributed by atoms with Gasteiger partial charge < -0.3 is 10.0 Å². The van der Waals surface area contributed by atoms with E-state index >= 15 is 0 Å². The SMILES string of the molecule is CC1(C)CCCN(c2nccc(C(=O)O)c2Cl)CC1. The normalized spacial score (nSPS) is 19.0. The van der Waals surface area contributed by atoms with E-state index in [1.165, 1.54) is 18.7 Å². The van der Waals surface area contributed by atoms with Crippen molar-refractivity contribution in [1.82, 2.24) is 4.98 Å². The molecule has 0 saturated carbocycles. The molecule has 5 heteroatoms. The Morgan fingerprint density at radius 2 is 2.16 bits per heavy atom. The number of aromatic carboxylic acids is 1. The highest BCUT2D eigenvalue weighted by molar-refractivity contribution is 6.35. The Morgan fingerprint density at radius 1 is 1.42 bits per heavy atom. The van der Waals surface area contributed by atoms with Crippen LogP contribution in [0.2, 0.25) is 5.02 Å². The van der Waals surface area contributed by atoms with Crippen LogP contribution < -0.4 is 4.90 Å². The Kier molecular flexibility index (Phi) is 3.99. The summed E-state index contributed by atoms with van der Waals surface area (Å²) in [5.74, 6) is -0.414. The lowest BCUT2D eigenvalue weighted by molar-refractivity contribution is 0.0697. The molecule has 104 valence electrons. The molecular weight excluding hydrogens is 264 g/mol. The first-order valence-corrected chi connectivity index (χ1v) is 6.91. The number of nitrogens with zero attached hydrogens (tertiary/aromatic N) is 2. The molecule has 0 atom stereocenters. The Morgan fingerprint density at radius 3 is 2.84 bits per heavy atom. The highest BCUT2D eigenvalue weighted by atomic mass is 35.5. The molecule has 1 aliphatic rings. The number of pyridine rings is 1. The smallest absolute Gasteiger partial charge is 0.337 e. The van der Waals surface area contributed by atoms with Gasteiger partial charge in [-0.2, -0.15) is 0 Å². The number of rotatable bonds is 2. The summed E-state index contributed by atoms with van der Waals surface area (Å²) in [4.78, 5) is 17.5. The van der Waals surface area contributed by atoms with Crippen LogP contribution in [0.25, 0.3) is 0 Å². The van der Waals surface area contributed by atoms with Crippen LogP contribution in [0.4, 0.5) is 5.82 Å². The maximum Gasteiger partial charge on any atom is 0.337 e. The summed E-state index contributed by atoms with van der Waals surface area (Å²) in [7, 11) is 0. The number of hydrogen-bond acceptors (Lipinski definition) is 3. The fraction of sp³-hybridized carbons (Fsp3) is 0.571. The van der Waals surface area contributed by atoms with Crippen molar-refractivity contribution in [2.75, 3.05) is 18.0 Å². The molecule has 2 heterocycles. The Bertz CT molecular complexity index is 488. The molecule has 2 rings (SSSR count). The number of carboxylic acids is 1. The van der Waals surface area contributed by atoms with Crippen LogP contribution >= 0.6 is 11.6 Å². The van der Waals surface area contributed by atoms with Crippen molar-refractivity contribution < 1.29 is 9.90 Å².